The molecule has 0 aliphatic heterocycles. The molecule has 0 unspecified atom stereocenters. The summed E-state index contributed by atoms with van der Waals surface area (Å²) >= 11 is 12.2. The lowest BCUT2D eigenvalue weighted by Gasteiger charge is -2.56. The average Bonchev–Trinajstić information content (AvgIpc) is 3.23. The molecule has 1 N–H and O–H groups in total. The van der Waals surface area contributed by atoms with Gasteiger partial charge in [0, 0.05) is 17.3 Å². The molecule has 4 aliphatic carbocycles. The molecule has 0 radical (unpaired) electrons. The quantitative estimate of drug-likeness (QED) is 0.455. The molecule has 164 valence electrons. The molecule has 4 saturated carbocycles. The maximum absolute atomic E-state index is 13.5. The Hall–Kier alpha value is -2.30. The topological polar surface area (TPSA) is 46.9 Å². The predicted molar refractivity (Wildman–Crippen MR) is 128 cm³/mol. The normalized spacial score (nSPS) is 28.1. The minimum absolute atomic E-state index is 0.0130. The molecule has 7 rings (SSSR count). The number of aromatic nitrogens is 2. The highest BCUT2D eigenvalue weighted by Gasteiger charge is 2.53. The van der Waals surface area contributed by atoms with Crippen LogP contribution in [0, 0.1) is 17.8 Å². The Labute approximate surface area is 197 Å². The van der Waals surface area contributed by atoms with E-state index in [4.69, 9.17) is 28.3 Å². The fourth-order valence-electron chi connectivity index (χ4n) is 6.82. The van der Waals surface area contributed by atoms with Gasteiger partial charge in [-0.15, -0.1) is 0 Å². The van der Waals surface area contributed by atoms with E-state index in [1.807, 2.05) is 41.2 Å². The Morgan fingerprint density at radius 2 is 1.59 bits per heavy atom. The molecule has 1 amide bonds. The van der Waals surface area contributed by atoms with E-state index in [1.165, 1.54) is 19.3 Å². The summed E-state index contributed by atoms with van der Waals surface area (Å²) in [6.07, 6.45) is 9.40. The first kappa shape index (κ1) is 20.3. The third-order valence-electron chi connectivity index (χ3n) is 7.70. The molecule has 1 heterocycles. The minimum Gasteiger partial charge on any atom is -0.322 e. The lowest BCUT2D eigenvalue weighted by molar-refractivity contribution is -0.00765. The van der Waals surface area contributed by atoms with Crippen molar-refractivity contribution in [3.8, 4) is 5.69 Å². The molecule has 32 heavy (non-hydrogen) atoms. The van der Waals surface area contributed by atoms with Crippen molar-refractivity contribution < 1.29 is 4.79 Å². The summed E-state index contributed by atoms with van der Waals surface area (Å²) in [5.41, 5.74) is 3.25. The Morgan fingerprint density at radius 3 is 2.22 bits per heavy atom. The lowest BCUT2D eigenvalue weighted by atomic mass is 9.48. The van der Waals surface area contributed by atoms with E-state index >= 15 is 0 Å². The molecule has 0 atom stereocenters. The van der Waals surface area contributed by atoms with E-state index in [1.54, 1.807) is 18.2 Å². The second kappa shape index (κ2) is 7.64. The maximum Gasteiger partial charge on any atom is 0.259 e. The molecule has 4 nitrogen and oxygen atoms in total. The molecule has 0 spiro atoms. The Kier molecular flexibility index (Phi) is 4.85. The summed E-state index contributed by atoms with van der Waals surface area (Å²) in [4.78, 5) is 13.5. The highest BCUT2D eigenvalue weighted by Crippen LogP contribution is 2.60. The van der Waals surface area contributed by atoms with Gasteiger partial charge in [0.15, 0.2) is 0 Å². The van der Waals surface area contributed by atoms with Crippen molar-refractivity contribution in [1.29, 1.82) is 0 Å². The number of benzene rings is 2. The fourth-order valence-corrected chi connectivity index (χ4v) is 7.12. The summed E-state index contributed by atoms with van der Waals surface area (Å²) in [6, 6.07) is 15.2. The minimum atomic E-state index is -0.142. The molecular weight excluding hydrogens is 441 g/mol. The van der Waals surface area contributed by atoms with Gasteiger partial charge in [0.2, 0.25) is 0 Å². The largest absolute Gasteiger partial charge is 0.322 e. The third-order valence-corrected chi connectivity index (χ3v) is 8.44. The van der Waals surface area contributed by atoms with Crippen LogP contribution in [-0.4, -0.2) is 15.7 Å². The number of carbonyl (C=O) groups is 1. The Balaban J connectivity index is 1.41. The summed E-state index contributed by atoms with van der Waals surface area (Å²) in [5.74, 6) is 2.17. The molecule has 6 heteroatoms. The Morgan fingerprint density at radius 1 is 0.938 bits per heavy atom. The first-order valence-corrected chi connectivity index (χ1v) is 12.2. The van der Waals surface area contributed by atoms with Gasteiger partial charge < -0.3 is 5.32 Å². The predicted octanol–water partition coefficient (Wildman–Crippen LogP) is 6.90. The van der Waals surface area contributed by atoms with E-state index < -0.39 is 0 Å². The van der Waals surface area contributed by atoms with Crippen molar-refractivity contribution in [3.05, 3.63) is 76.0 Å². The maximum atomic E-state index is 13.5. The number of para-hydroxylation sites is 1. The van der Waals surface area contributed by atoms with Crippen LogP contribution in [0.3, 0.4) is 0 Å². The molecule has 4 bridgehead atoms. The van der Waals surface area contributed by atoms with Crippen molar-refractivity contribution >= 4 is 34.8 Å². The zero-order valence-corrected chi connectivity index (χ0v) is 19.2. The van der Waals surface area contributed by atoms with Crippen LogP contribution in [0.4, 0.5) is 5.69 Å². The van der Waals surface area contributed by atoms with Crippen molar-refractivity contribution in [2.24, 2.45) is 17.8 Å². The van der Waals surface area contributed by atoms with E-state index in [0.29, 0.717) is 21.3 Å². The SMILES string of the molecule is O=C(Nc1ccc(Cl)c(Cl)c1)c1cn(-c2ccccc2)nc1C12CC3CC(CC(C3)C1)C2. The number of rotatable bonds is 4. The number of hydrogen-bond donors (Lipinski definition) is 1. The zero-order chi connectivity index (χ0) is 21.9. The second-order valence-corrected chi connectivity index (χ2v) is 10.8. The summed E-state index contributed by atoms with van der Waals surface area (Å²) in [6.45, 7) is 0. The second-order valence-electron chi connectivity index (χ2n) is 9.95. The number of anilines is 1. The summed E-state index contributed by atoms with van der Waals surface area (Å²) in [7, 11) is 0. The summed E-state index contributed by atoms with van der Waals surface area (Å²) in [5, 5.41) is 8.99. The molecule has 1 aromatic heterocycles. The van der Waals surface area contributed by atoms with Gasteiger partial charge in [-0.25, -0.2) is 4.68 Å². The number of nitrogens with zero attached hydrogens (tertiary/aromatic N) is 2. The molecule has 3 aromatic rings. The number of amides is 1. The lowest BCUT2D eigenvalue weighted by Crippen LogP contribution is -2.49. The van der Waals surface area contributed by atoms with E-state index in [9.17, 15) is 4.79 Å². The third kappa shape index (κ3) is 3.45. The molecular formula is C26H25Cl2N3O. The average molecular weight is 466 g/mol. The van der Waals surface area contributed by atoms with Gasteiger partial charge in [-0.3, -0.25) is 4.79 Å². The highest BCUT2D eigenvalue weighted by molar-refractivity contribution is 6.42. The standard InChI is InChI=1S/C26H25Cl2N3O/c27-22-7-6-19(11-23(22)28)29-25(32)21-15-31(20-4-2-1-3-5-20)30-24(21)26-12-16-8-17(13-26)10-18(9-16)14-26/h1-7,11,15-18H,8-10,12-14H2,(H,29,32). The zero-order valence-electron chi connectivity index (χ0n) is 17.7. The number of halogens is 2. The Bertz CT molecular complexity index is 1150. The number of carbonyl (C=O) groups excluding carboxylic acids is 1. The van der Waals surface area contributed by atoms with E-state index in [0.717, 1.165) is 48.4 Å². The van der Waals surface area contributed by atoms with Crippen LogP contribution >= 0.6 is 23.2 Å². The van der Waals surface area contributed by atoms with Gasteiger partial charge in [-0.2, -0.15) is 5.10 Å². The van der Waals surface area contributed by atoms with Crippen LogP contribution in [0.5, 0.6) is 0 Å². The molecule has 0 saturated heterocycles. The smallest absolute Gasteiger partial charge is 0.259 e. The number of hydrogen-bond acceptors (Lipinski definition) is 2. The van der Waals surface area contributed by atoms with Crippen LogP contribution in [-0.2, 0) is 5.41 Å². The van der Waals surface area contributed by atoms with Crippen molar-refractivity contribution in [2.45, 2.75) is 43.9 Å². The number of nitrogens with one attached hydrogen (secondary N) is 1. The van der Waals surface area contributed by atoms with Crippen LogP contribution < -0.4 is 5.32 Å². The van der Waals surface area contributed by atoms with Gasteiger partial charge >= 0.3 is 0 Å². The van der Waals surface area contributed by atoms with Gasteiger partial charge in [0.25, 0.3) is 5.91 Å². The van der Waals surface area contributed by atoms with Gasteiger partial charge in [0.05, 0.1) is 27.0 Å². The fraction of sp³-hybridized carbons (Fsp3) is 0.385. The van der Waals surface area contributed by atoms with Gasteiger partial charge in [0.1, 0.15) is 0 Å². The highest BCUT2D eigenvalue weighted by atomic mass is 35.5. The first-order chi connectivity index (χ1) is 15.5. The van der Waals surface area contributed by atoms with Crippen LogP contribution in [0.15, 0.2) is 54.7 Å². The van der Waals surface area contributed by atoms with Crippen molar-refractivity contribution in [2.75, 3.05) is 5.32 Å². The van der Waals surface area contributed by atoms with Crippen LogP contribution in [0.25, 0.3) is 5.69 Å². The monoisotopic (exact) mass is 465 g/mol. The van der Waals surface area contributed by atoms with Crippen LogP contribution in [0.2, 0.25) is 10.0 Å². The van der Waals surface area contributed by atoms with E-state index in [2.05, 4.69) is 5.32 Å². The van der Waals surface area contributed by atoms with Gasteiger partial charge in [-0.05, 0) is 86.6 Å². The molecule has 4 fully saturated rings. The van der Waals surface area contributed by atoms with Crippen molar-refractivity contribution in [1.82, 2.24) is 9.78 Å². The van der Waals surface area contributed by atoms with Crippen LogP contribution in [0.1, 0.15) is 54.6 Å². The van der Waals surface area contributed by atoms with Gasteiger partial charge in [-0.1, -0.05) is 41.4 Å². The summed E-state index contributed by atoms with van der Waals surface area (Å²) < 4.78 is 1.87. The van der Waals surface area contributed by atoms with Crippen molar-refractivity contribution in [3.63, 3.8) is 0 Å². The van der Waals surface area contributed by atoms with E-state index in [-0.39, 0.29) is 11.3 Å². The first-order valence-electron chi connectivity index (χ1n) is 11.4. The molecule has 2 aromatic carbocycles. The molecule has 4 aliphatic rings.